The second-order valence-electron chi connectivity index (χ2n) is 5.14. The highest BCUT2D eigenvalue weighted by Crippen LogP contribution is 2.30. The van der Waals surface area contributed by atoms with E-state index in [2.05, 4.69) is 4.72 Å². The van der Waals surface area contributed by atoms with Crippen LogP contribution < -0.4 is 4.72 Å². The van der Waals surface area contributed by atoms with Crippen LogP contribution in [0.4, 0.5) is 4.39 Å². The topological polar surface area (TPSA) is 66.4 Å². The SMILES string of the molecule is CC(NS(=O)(=O)c1cc(F)c(Cl)c(CO)c1)C1CCC1. The van der Waals surface area contributed by atoms with Crippen LogP contribution in [0.5, 0.6) is 0 Å². The highest BCUT2D eigenvalue weighted by atomic mass is 35.5. The van der Waals surface area contributed by atoms with E-state index in [-0.39, 0.29) is 21.5 Å². The first kappa shape index (κ1) is 15.7. The van der Waals surface area contributed by atoms with Crippen molar-refractivity contribution in [1.82, 2.24) is 4.72 Å². The second kappa shape index (κ2) is 5.97. The summed E-state index contributed by atoms with van der Waals surface area (Å²) < 4.78 is 40.6. The summed E-state index contributed by atoms with van der Waals surface area (Å²) >= 11 is 5.65. The molecule has 7 heteroatoms. The molecule has 1 saturated carbocycles. The molecule has 0 bridgehead atoms. The fourth-order valence-electron chi connectivity index (χ4n) is 2.24. The van der Waals surface area contributed by atoms with Crippen LogP contribution in [-0.2, 0) is 16.6 Å². The van der Waals surface area contributed by atoms with Crippen molar-refractivity contribution in [3.8, 4) is 0 Å². The first-order valence-corrected chi connectivity index (χ1v) is 8.32. The number of aliphatic hydroxyl groups excluding tert-OH is 1. The van der Waals surface area contributed by atoms with E-state index in [1.165, 1.54) is 6.07 Å². The van der Waals surface area contributed by atoms with E-state index < -0.39 is 22.4 Å². The monoisotopic (exact) mass is 321 g/mol. The Morgan fingerprint density at radius 1 is 1.50 bits per heavy atom. The molecule has 0 saturated heterocycles. The van der Waals surface area contributed by atoms with Crippen molar-refractivity contribution < 1.29 is 17.9 Å². The van der Waals surface area contributed by atoms with Gasteiger partial charge in [0.1, 0.15) is 5.82 Å². The Hall–Kier alpha value is -0.690. The standard InChI is InChI=1S/C13H17ClFNO3S/c1-8(9-3-2-4-9)16-20(18,19)11-5-10(7-17)13(14)12(15)6-11/h5-6,8-9,16-17H,2-4,7H2,1H3. The molecule has 112 valence electrons. The van der Waals surface area contributed by atoms with E-state index in [9.17, 15) is 12.8 Å². The van der Waals surface area contributed by atoms with Crippen molar-refractivity contribution >= 4 is 21.6 Å². The molecule has 1 aromatic carbocycles. The summed E-state index contributed by atoms with van der Waals surface area (Å²) in [6.07, 6.45) is 3.11. The zero-order valence-corrected chi connectivity index (χ0v) is 12.6. The highest BCUT2D eigenvalue weighted by molar-refractivity contribution is 7.89. The van der Waals surface area contributed by atoms with E-state index in [4.69, 9.17) is 16.7 Å². The summed E-state index contributed by atoms with van der Waals surface area (Å²) in [5.41, 5.74) is 0.0586. The average molecular weight is 322 g/mol. The lowest BCUT2D eigenvalue weighted by molar-refractivity contribution is 0.260. The van der Waals surface area contributed by atoms with Gasteiger partial charge in [-0.05, 0) is 37.8 Å². The summed E-state index contributed by atoms with van der Waals surface area (Å²) in [7, 11) is -3.81. The third kappa shape index (κ3) is 3.14. The maximum atomic E-state index is 13.6. The lowest BCUT2D eigenvalue weighted by Gasteiger charge is -2.31. The fraction of sp³-hybridized carbons (Fsp3) is 0.538. The summed E-state index contributed by atoms with van der Waals surface area (Å²) in [5.74, 6) is -0.519. The van der Waals surface area contributed by atoms with Crippen LogP contribution >= 0.6 is 11.6 Å². The molecular formula is C13H17ClFNO3S. The quantitative estimate of drug-likeness (QED) is 0.875. The first-order chi connectivity index (χ1) is 9.35. The van der Waals surface area contributed by atoms with Gasteiger partial charge in [-0.1, -0.05) is 18.0 Å². The van der Waals surface area contributed by atoms with Gasteiger partial charge in [0.25, 0.3) is 0 Å². The molecule has 0 spiro atoms. The Balaban J connectivity index is 2.26. The van der Waals surface area contributed by atoms with Gasteiger partial charge >= 0.3 is 0 Å². The van der Waals surface area contributed by atoms with Crippen molar-refractivity contribution in [2.45, 2.75) is 43.7 Å². The molecule has 0 heterocycles. The number of aliphatic hydroxyl groups is 1. The molecule has 0 aromatic heterocycles. The minimum Gasteiger partial charge on any atom is -0.392 e. The molecule has 0 amide bonds. The van der Waals surface area contributed by atoms with Crippen molar-refractivity contribution in [3.05, 3.63) is 28.5 Å². The maximum absolute atomic E-state index is 13.6. The summed E-state index contributed by atoms with van der Waals surface area (Å²) in [6.45, 7) is 1.29. The molecule has 1 aliphatic rings. The van der Waals surface area contributed by atoms with Crippen LogP contribution in [0, 0.1) is 11.7 Å². The van der Waals surface area contributed by atoms with Gasteiger partial charge < -0.3 is 5.11 Å². The molecule has 1 atom stereocenters. The number of benzene rings is 1. The number of hydrogen-bond acceptors (Lipinski definition) is 3. The van der Waals surface area contributed by atoms with E-state index in [0.29, 0.717) is 5.92 Å². The Labute approximate surface area is 123 Å². The molecule has 1 unspecified atom stereocenters. The second-order valence-corrected chi connectivity index (χ2v) is 7.23. The van der Waals surface area contributed by atoms with Crippen molar-refractivity contribution in [3.63, 3.8) is 0 Å². The van der Waals surface area contributed by atoms with Gasteiger partial charge in [-0.2, -0.15) is 0 Å². The zero-order valence-electron chi connectivity index (χ0n) is 11.1. The molecule has 0 radical (unpaired) electrons. The molecule has 1 aliphatic carbocycles. The van der Waals surface area contributed by atoms with Gasteiger partial charge in [0, 0.05) is 11.6 Å². The molecule has 2 N–H and O–H groups in total. The van der Waals surface area contributed by atoms with Crippen LogP contribution in [0.25, 0.3) is 0 Å². The number of nitrogens with one attached hydrogen (secondary N) is 1. The third-order valence-electron chi connectivity index (χ3n) is 3.76. The predicted octanol–water partition coefficient (Wildman–Crippen LogP) is 2.44. The van der Waals surface area contributed by atoms with Crippen molar-refractivity contribution in [2.75, 3.05) is 0 Å². The Morgan fingerprint density at radius 2 is 2.15 bits per heavy atom. The van der Waals surface area contributed by atoms with E-state index in [1.807, 2.05) is 0 Å². The number of hydrogen-bond donors (Lipinski definition) is 2. The molecule has 1 fully saturated rings. The van der Waals surface area contributed by atoms with Gasteiger partial charge in [0.05, 0.1) is 16.5 Å². The van der Waals surface area contributed by atoms with E-state index in [1.54, 1.807) is 6.92 Å². The van der Waals surface area contributed by atoms with E-state index in [0.717, 1.165) is 25.3 Å². The summed E-state index contributed by atoms with van der Waals surface area (Å²) in [6, 6.07) is 1.88. The average Bonchev–Trinajstić information content (AvgIpc) is 2.29. The Morgan fingerprint density at radius 3 is 2.65 bits per heavy atom. The lowest BCUT2D eigenvalue weighted by atomic mass is 9.81. The summed E-state index contributed by atoms with van der Waals surface area (Å²) in [5, 5.41) is 8.83. The smallest absolute Gasteiger partial charge is 0.240 e. The van der Waals surface area contributed by atoms with Gasteiger partial charge in [0.15, 0.2) is 0 Å². The molecule has 1 aromatic rings. The zero-order chi connectivity index (χ0) is 14.9. The van der Waals surface area contributed by atoms with Crippen LogP contribution in [0.2, 0.25) is 5.02 Å². The largest absolute Gasteiger partial charge is 0.392 e. The van der Waals surface area contributed by atoms with Gasteiger partial charge in [-0.15, -0.1) is 0 Å². The summed E-state index contributed by atoms with van der Waals surface area (Å²) in [4.78, 5) is -0.213. The highest BCUT2D eigenvalue weighted by Gasteiger charge is 2.28. The van der Waals surface area contributed by atoms with Gasteiger partial charge in [0.2, 0.25) is 10.0 Å². The van der Waals surface area contributed by atoms with Gasteiger partial charge in [-0.3, -0.25) is 0 Å². The predicted molar refractivity (Wildman–Crippen MR) is 74.5 cm³/mol. The Bertz CT molecular complexity index is 602. The fourth-order valence-corrected chi connectivity index (χ4v) is 3.78. The normalized spacial score (nSPS) is 17.8. The molecular weight excluding hydrogens is 305 g/mol. The number of sulfonamides is 1. The van der Waals surface area contributed by atoms with Crippen LogP contribution in [0.1, 0.15) is 31.7 Å². The number of rotatable bonds is 5. The van der Waals surface area contributed by atoms with Crippen molar-refractivity contribution in [2.24, 2.45) is 5.92 Å². The molecule has 2 rings (SSSR count). The first-order valence-electron chi connectivity index (χ1n) is 6.46. The minimum atomic E-state index is -3.81. The Kier molecular flexibility index (Phi) is 4.69. The molecule has 20 heavy (non-hydrogen) atoms. The molecule has 4 nitrogen and oxygen atoms in total. The molecule has 0 aliphatic heterocycles. The van der Waals surface area contributed by atoms with Crippen LogP contribution in [0.3, 0.4) is 0 Å². The van der Waals surface area contributed by atoms with E-state index >= 15 is 0 Å². The minimum absolute atomic E-state index is 0.0586. The van der Waals surface area contributed by atoms with Gasteiger partial charge in [-0.25, -0.2) is 17.5 Å². The lowest BCUT2D eigenvalue weighted by Crippen LogP contribution is -2.40. The van der Waals surface area contributed by atoms with Crippen LogP contribution in [-0.4, -0.2) is 19.6 Å². The third-order valence-corrected chi connectivity index (χ3v) is 5.72. The number of halogens is 2. The maximum Gasteiger partial charge on any atom is 0.240 e. The van der Waals surface area contributed by atoms with Crippen LogP contribution in [0.15, 0.2) is 17.0 Å². The van der Waals surface area contributed by atoms with Crippen molar-refractivity contribution in [1.29, 1.82) is 0 Å².